The molecule has 0 atom stereocenters. The summed E-state index contributed by atoms with van der Waals surface area (Å²) in [5.41, 5.74) is 3.65. The third-order valence-electron chi connectivity index (χ3n) is 4.70. The third kappa shape index (κ3) is 5.32. The number of aryl methyl sites for hydroxylation is 1. The van der Waals surface area contributed by atoms with Gasteiger partial charge < -0.3 is 4.74 Å². The molecule has 0 unspecified atom stereocenters. The predicted octanol–water partition coefficient (Wildman–Crippen LogP) is 7.68. The Labute approximate surface area is 222 Å². The van der Waals surface area contributed by atoms with Crippen LogP contribution in [-0.4, -0.2) is 11.1 Å². The van der Waals surface area contributed by atoms with E-state index in [4.69, 9.17) is 16.3 Å². The van der Waals surface area contributed by atoms with Crippen molar-refractivity contribution in [2.24, 2.45) is 0 Å². The van der Waals surface area contributed by atoms with Gasteiger partial charge in [-0.1, -0.05) is 41.4 Å². The van der Waals surface area contributed by atoms with Gasteiger partial charge in [0.2, 0.25) is 0 Å². The molecule has 0 aliphatic carbocycles. The second-order valence-electron chi connectivity index (χ2n) is 7.08. The lowest BCUT2D eigenvalue weighted by molar-refractivity contribution is -0.113. The van der Waals surface area contributed by atoms with E-state index >= 15 is 0 Å². The van der Waals surface area contributed by atoms with Crippen molar-refractivity contribution in [1.29, 1.82) is 0 Å². The van der Waals surface area contributed by atoms with Crippen LogP contribution in [0.15, 0.2) is 65.6 Å². The summed E-state index contributed by atoms with van der Waals surface area (Å²) in [6, 6.07) is 18.8. The quantitative estimate of drug-likeness (QED) is 0.204. The summed E-state index contributed by atoms with van der Waals surface area (Å²) in [7, 11) is 0. The zero-order chi connectivity index (χ0) is 22.8. The van der Waals surface area contributed by atoms with E-state index in [1.165, 1.54) is 10.5 Å². The number of rotatable bonds is 5. The number of thioether (sulfide) groups is 1. The van der Waals surface area contributed by atoms with Gasteiger partial charge in [0, 0.05) is 5.02 Å². The topological polar surface area (TPSA) is 46.6 Å². The van der Waals surface area contributed by atoms with Gasteiger partial charge in [-0.05, 0) is 117 Å². The molecule has 0 saturated carbocycles. The Hall–Kier alpha value is -1.56. The Bertz CT molecular complexity index is 1200. The highest BCUT2D eigenvalue weighted by molar-refractivity contribution is 14.1. The average Bonchev–Trinajstić information content (AvgIpc) is 3.02. The Kier molecular flexibility index (Phi) is 7.48. The molecule has 2 amide bonds. The van der Waals surface area contributed by atoms with Crippen molar-refractivity contribution in [2.45, 2.75) is 13.5 Å². The highest BCUT2D eigenvalue weighted by Crippen LogP contribution is 2.37. The molecule has 1 fully saturated rings. The average molecular weight is 688 g/mol. The maximum atomic E-state index is 12.9. The van der Waals surface area contributed by atoms with E-state index in [0.717, 1.165) is 35.8 Å². The van der Waals surface area contributed by atoms with E-state index in [2.05, 4.69) is 76.4 Å². The first kappa shape index (κ1) is 23.6. The van der Waals surface area contributed by atoms with Gasteiger partial charge in [0.05, 0.1) is 17.7 Å². The van der Waals surface area contributed by atoms with E-state index < -0.39 is 0 Å². The number of hydrogen-bond donors (Lipinski definition) is 0. The Morgan fingerprint density at radius 1 is 1.00 bits per heavy atom. The first-order valence-electron chi connectivity index (χ1n) is 9.53. The molecule has 1 aliphatic rings. The van der Waals surface area contributed by atoms with Gasteiger partial charge in [-0.2, -0.15) is 0 Å². The first-order valence-corrected chi connectivity index (χ1v) is 12.9. The molecular weight excluding hydrogens is 672 g/mol. The third-order valence-corrected chi connectivity index (χ3v) is 7.42. The summed E-state index contributed by atoms with van der Waals surface area (Å²) < 4.78 is 7.93. The fraction of sp³-hybridized carbons (Fsp3) is 0.0833. The van der Waals surface area contributed by atoms with Crippen molar-refractivity contribution in [2.75, 3.05) is 4.90 Å². The van der Waals surface area contributed by atoms with E-state index in [1.54, 1.807) is 30.3 Å². The highest BCUT2D eigenvalue weighted by Gasteiger charge is 2.36. The molecule has 0 N–H and O–H groups in total. The summed E-state index contributed by atoms with van der Waals surface area (Å²) in [5.74, 6) is 0.463. The highest BCUT2D eigenvalue weighted by atomic mass is 127. The molecule has 0 bridgehead atoms. The molecule has 0 aromatic heterocycles. The number of carbonyl (C=O) groups is 2. The first-order chi connectivity index (χ1) is 15.3. The largest absolute Gasteiger partial charge is 0.487 e. The van der Waals surface area contributed by atoms with Crippen LogP contribution in [0.5, 0.6) is 5.75 Å². The van der Waals surface area contributed by atoms with Crippen LogP contribution >= 0.6 is 68.5 Å². The van der Waals surface area contributed by atoms with Crippen molar-refractivity contribution in [1.82, 2.24) is 0 Å². The number of nitrogens with zero attached hydrogens (tertiary/aromatic N) is 1. The summed E-state index contributed by atoms with van der Waals surface area (Å²) in [4.78, 5) is 26.9. The lowest BCUT2D eigenvalue weighted by Gasteiger charge is -2.12. The van der Waals surface area contributed by atoms with Gasteiger partial charge in [-0.25, -0.2) is 4.90 Å². The summed E-state index contributed by atoms with van der Waals surface area (Å²) in [6.07, 6.45) is 1.74. The molecule has 32 heavy (non-hydrogen) atoms. The molecule has 1 saturated heterocycles. The van der Waals surface area contributed by atoms with E-state index in [9.17, 15) is 9.59 Å². The van der Waals surface area contributed by atoms with Gasteiger partial charge in [-0.3, -0.25) is 9.59 Å². The van der Waals surface area contributed by atoms with Crippen molar-refractivity contribution in [3.8, 4) is 5.75 Å². The molecule has 3 aromatic rings. The molecule has 0 spiro atoms. The van der Waals surface area contributed by atoms with Crippen LogP contribution in [0, 0.1) is 14.1 Å². The Balaban J connectivity index is 1.54. The lowest BCUT2D eigenvalue weighted by Crippen LogP contribution is -2.27. The van der Waals surface area contributed by atoms with Crippen LogP contribution in [0.4, 0.5) is 10.5 Å². The molecule has 8 heteroatoms. The van der Waals surface area contributed by atoms with Crippen molar-refractivity contribution in [3.63, 3.8) is 0 Å². The lowest BCUT2D eigenvalue weighted by atomic mass is 10.1. The molecular formula is C24H16ClI2NO3S. The number of anilines is 1. The van der Waals surface area contributed by atoms with Gasteiger partial charge in [0.1, 0.15) is 12.4 Å². The number of halogens is 3. The molecule has 4 rings (SSSR count). The van der Waals surface area contributed by atoms with E-state index in [0.29, 0.717) is 22.2 Å². The van der Waals surface area contributed by atoms with Crippen molar-refractivity contribution >= 4 is 91.5 Å². The zero-order valence-corrected chi connectivity index (χ0v) is 22.7. The minimum absolute atomic E-state index is 0.328. The van der Waals surface area contributed by atoms with Crippen LogP contribution in [0.2, 0.25) is 5.02 Å². The Morgan fingerprint density at radius 3 is 2.25 bits per heavy atom. The number of ether oxygens (including phenoxy) is 1. The van der Waals surface area contributed by atoms with Crippen LogP contribution in [0.3, 0.4) is 0 Å². The normalized spacial score (nSPS) is 15.0. The van der Waals surface area contributed by atoms with Gasteiger partial charge in [0.15, 0.2) is 0 Å². The number of carbonyl (C=O) groups excluding carboxylic acids is 2. The number of imide groups is 1. The molecule has 162 valence electrons. The van der Waals surface area contributed by atoms with E-state index in [1.807, 2.05) is 12.1 Å². The Morgan fingerprint density at radius 2 is 1.62 bits per heavy atom. The monoisotopic (exact) mass is 687 g/mol. The predicted molar refractivity (Wildman–Crippen MR) is 147 cm³/mol. The summed E-state index contributed by atoms with van der Waals surface area (Å²) in [5, 5.41) is 0.219. The van der Waals surface area contributed by atoms with Gasteiger partial charge in [-0.15, -0.1) is 0 Å². The second-order valence-corrected chi connectivity index (χ2v) is 10.8. The molecule has 1 aliphatic heterocycles. The number of hydrogen-bond acceptors (Lipinski definition) is 4. The van der Waals surface area contributed by atoms with Crippen LogP contribution in [-0.2, 0) is 11.4 Å². The molecule has 0 radical (unpaired) electrons. The molecule has 3 aromatic carbocycles. The molecule has 4 nitrogen and oxygen atoms in total. The fourth-order valence-corrected chi connectivity index (χ4v) is 6.17. The standard InChI is InChI=1S/C24H16ClI2NO3S/c1-14-2-4-15(5-3-14)13-31-22-19(26)10-16(11-20(22)27)12-21-23(29)28(24(30)32-21)18-8-6-17(25)7-9-18/h2-12H,13H2,1H3/b21-12+. The minimum atomic E-state index is -0.341. The summed E-state index contributed by atoms with van der Waals surface area (Å²) >= 11 is 11.3. The SMILES string of the molecule is Cc1ccc(COc2c(I)cc(/C=C3/SC(=O)N(c4ccc(Cl)cc4)C3=O)cc2I)cc1. The van der Waals surface area contributed by atoms with Crippen molar-refractivity contribution in [3.05, 3.63) is 94.4 Å². The molecule has 1 heterocycles. The van der Waals surface area contributed by atoms with E-state index in [-0.39, 0.29) is 11.1 Å². The van der Waals surface area contributed by atoms with Crippen LogP contribution in [0.25, 0.3) is 6.08 Å². The van der Waals surface area contributed by atoms with Gasteiger partial charge in [0.25, 0.3) is 11.1 Å². The maximum absolute atomic E-state index is 12.9. The number of benzene rings is 3. The second kappa shape index (κ2) is 10.1. The van der Waals surface area contributed by atoms with Crippen LogP contribution in [0.1, 0.15) is 16.7 Å². The fourth-order valence-electron chi connectivity index (χ4n) is 3.07. The minimum Gasteiger partial charge on any atom is -0.487 e. The maximum Gasteiger partial charge on any atom is 0.298 e. The van der Waals surface area contributed by atoms with Crippen molar-refractivity contribution < 1.29 is 14.3 Å². The summed E-state index contributed by atoms with van der Waals surface area (Å²) in [6.45, 7) is 2.53. The number of amides is 2. The van der Waals surface area contributed by atoms with Gasteiger partial charge >= 0.3 is 0 Å². The zero-order valence-electron chi connectivity index (χ0n) is 16.8. The smallest absolute Gasteiger partial charge is 0.298 e. The van der Waals surface area contributed by atoms with Crippen LogP contribution < -0.4 is 9.64 Å².